The van der Waals surface area contributed by atoms with E-state index < -0.39 is 0 Å². The highest BCUT2D eigenvalue weighted by Gasteiger charge is 2.13. The van der Waals surface area contributed by atoms with Gasteiger partial charge in [0.05, 0.1) is 7.11 Å². The van der Waals surface area contributed by atoms with E-state index in [0.29, 0.717) is 23.8 Å². The van der Waals surface area contributed by atoms with Crippen molar-refractivity contribution in [3.05, 3.63) is 59.8 Å². The molecule has 0 fully saturated rings. The fourth-order valence-corrected chi connectivity index (χ4v) is 1.97. The van der Waals surface area contributed by atoms with Crippen LogP contribution >= 0.6 is 0 Å². The molecule has 0 saturated heterocycles. The van der Waals surface area contributed by atoms with Crippen LogP contribution in [0.1, 0.15) is 28.8 Å². The number of hydrogen-bond donors (Lipinski definition) is 1. The summed E-state index contributed by atoms with van der Waals surface area (Å²) in [6, 6.07) is 13.6. The maximum Gasteiger partial charge on any atom is 0.341 e. The van der Waals surface area contributed by atoms with E-state index in [1.807, 2.05) is 18.2 Å². The van der Waals surface area contributed by atoms with Crippen molar-refractivity contribution in [2.24, 2.45) is 0 Å². The molecule has 0 amide bonds. The van der Waals surface area contributed by atoms with Gasteiger partial charge in [0.2, 0.25) is 0 Å². The largest absolute Gasteiger partial charge is 0.465 e. The Labute approximate surface area is 118 Å². The fourth-order valence-electron chi connectivity index (χ4n) is 1.97. The minimum atomic E-state index is -0.382. The Morgan fingerprint density at radius 2 is 2.00 bits per heavy atom. The Hall–Kier alpha value is -2.36. The Morgan fingerprint density at radius 1 is 1.25 bits per heavy atom. The highest BCUT2D eigenvalue weighted by atomic mass is 16.5. The minimum absolute atomic E-state index is 0.323. The number of aromatic nitrogens is 1. The van der Waals surface area contributed by atoms with Gasteiger partial charge in [-0.15, -0.1) is 0 Å². The summed E-state index contributed by atoms with van der Waals surface area (Å²) in [5, 5.41) is 3.21. The number of carbonyl (C=O) groups excluding carboxylic acids is 1. The van der Waals surface area contributed by atoms with Gasteiger partial charge in [-0.1, -0.05) is 37.3 Å². The van der Waals surface area contributed by atoms with Crippen molar-refractivity contribution in [2.45, 2.75) is 12.8 Å². The van der Waals surface area contributed by atoms with Gasteiger partial charge in [-0.25, -0.2) is 9.78 Å². The average Bonchev–Trinajstić information content (AvgIpc) is 2.53. The molecule has 0 spiro atoms. The van der Waals surface area contributed by atoms with E-state index in [1.54, 1.807) is 18.3 Å². The van der Waals surface area contributed by atoms with Crippen molar-refractivity contribution in [1.82, 2.24) is 4.98 Å². The van der Waals surface area contributed by atoms with Crippen molar-refractivity contribution in [2.75, 3.05) is 19.0 Å². The monoisotopic (exact) mass is 270 g/mol. The van der Waals surface area contributed by atoms with Gasteiger partial charge in [0, 0.05) is 12.7 Å². The first-order valence-corrected chi connectivity index (χ1v) is 6.54. The topological polar surface area (TPSA) is 51.2 Å². The summed E-state index contributed by atoms with van der Waals surface area (Å²) in [5.41, 5.74) is 1.70. The highest BCUT2D eigenvalue weighted by molar-refractivity contribution is 5.94. The van der Waals surface area contributed by atoms with Crippen LogP contribution in [0.4, 0.5) is 5.82 Å². The van der Waals surface area contributed by atoms with Crippen molar-refractivity contribution < 1.29 is 9.53 Å². The second-order valence-electron chi connectivity index (χ2n) is 4.58. The summed E-state index contributed by atoms with van der Waals surface area (Å²) < 4.78 is 4.75. The van der Waals surface area contributed by atoms with E-state index in [-0.39, 0.29) is 5.97 Å². The van der Waals surface area contributed by atoms with Gasteiger partial charge in [-0.3, -0.25) is 0 Å². The molecule has 0 aliphatic heterocycles. The molecule has 1 N–H and O–H groups in total. The zero-order valence-electron chi connectivity index (χ0n) is 11.7. The third kappa shape index (κ3) is 3.35. The van der Waals surface area contributed by atoms with Crippen LogP contribution in [-0.2, 0) is 4.74 Å². The quantitative estimate of drug-likeness (QED) is 0.848. The molecule has 2 aromatic rings. The lowest BCUT2D eigenvalue weighted by Crippen LogP contribution is -2.14. The number of nitrogens with one attached hydrogen (secondary N) is 1. The molecule has 1 heterocycles. The molecule has 2 rings (SSSR count). The molecule has 4 nitrogen and oxygen atoms in total. The second kappa shape index (κ2) is 6.70. The third-order valence-corrected chi connectivity index (χ3v) is 3.16. The molecule has 1 atom stereocenters. The molecule has 0 aliphatic carbocycles. The Kier molecular flexibility index (Phi) is 4.71. The number of methoxy groups -OCH3 is 1. The first-order valence-electron chi connectivity index (χ1n) is 6.54. The number of benzene rings is 1. The van der Waals surface area contributed by atoms with E-state index >= 15 is 0 Å². The van der Waals surface area contributed by atoms with Crippen molar-refractivity contribution in [3.8, 4) is 0 Å². The molecule has 1 aromatic carbocycles. The normalized spacial score (nSPS) is 11.7. The van der Waals surface area contributed by atoms with E-state index in [4.69, 9.17) is 4.74 Å². The number of ether oxygens (including phenoxy) is 1. The highest BCUT2D eigenvalue weighted by Crippen LogP contribution is 2.17. The van der Waals surface area contributed by atoms with Gasteiger partial charge in [0.15, 0.2) is 0 Å². The van der Waals surface area contributed by atoms with E-state index in [9.17, 15) is 4.79 Å². The molecule has 0 radical (unpaired) electrons. The number of carbonyl (C=O) groups is 1. The maximum atomic E-state index is 11.6. The van der Waals surface area contributed by atoms with Gasteiger partial charge in [0.25, 0.3) is 0 Å². The van der Waals surface area contributed by atoms with Gasteiger partial charge in [-0.05, 0) is 23.6 Å². The predicted molar refractivity (Wildman–Crippen MR) is 78.9 cm³/mol. The molecule has 104 valence electrons. The Bertz CT molecular complexity index is 570. The lowest BCUT2D eigenvalue weighted by molar-refractivity contribution is 0.0601. The lowest BCUT2D eigenvalue weighted by Gasteiger charge is -2.15. The first-order chi connectivity index (χ1) is 9.72. The fraction of sp³-hybridized carbons (Fsp3) is 0.250. The van der Waals surface area contributed by atoms with Crippen molar-refractivity contribution in [1.29, 1.82) is 0 Å². The van der Waals surface area contributed by atoms with Crippen molar-refractivity contribution in [3.63, 3.8) is 0 Å². The standard InChI is InChI=1S/C16H18N2O2/c1-12(13-7-4-3-5-8-13)11-18-15-14(16(19)20-2)9-6-10-17-15/h3-10,12H,11H2,1-2H3,(H,17,18). The second-order valence-corrected chi connectivity index (χ2v) is 4.58. The SMILES string of the molecule is COC(=O)c1cccnc1NCC(C)c1ccccc1. The van der Waals surface area contributed by atoms with Gasteiger partial charge in [0.1, 0.15) is 11.4 Å². The number of esters is 1. The van der Waals surface area contributed by atoms with Gasteiger partial charge in [-0.2, -0.15) is 0 Å². The molecule has 0 saturated carbocycles. The summed E-state index contributed by atoms with van der Waals surface area (Å²) in [6.07, 6.45) is 1.65. The molecular formula is C16H18N2O2. The zero-order valence-corrected chi connectivity index (χ0v) is 11.7. The van der Waals surface area contributed by atoms with E-state index in [0.717, 1.165) is 0 Å². The van der Waals surface area contributed by atoms with Crippen molar-refractivity contribution >= 4 is 11.8 Å². The lowest BCUT2D eigenvalue weighted by atomic mass is 10.0. The molecule has 20 heavy (non-hydrogen) atoms. The summed E-state index contributed by atoms with van der Waals surface area (Å²) >= 11 is 0. The smallest absolute Gasteiger partial charge is 0.341 e. The summed E-state index contributed by atoms with van der Waals surface area (Å²) in [4.78, 5) is 15.8. The summed E-state index contributed by atoms with van der Waals surface area (Å²) in [6.45, 7) is 2.83. The van der Waals surface area contributed by atoms with Crippen LogP contribution in [0.5, 0.6) is 0 Å². The number of rotatable bonds is 5. The molecule has 1 unspecified atom stereocenters. The molecule has 1 aromatic heterocycles. The number of anilines is 1. The van der Waals surface area contributed by atoms with Gasteiger partial charge < -0.3 is 10.1 Å². The Morgan fingerprint density at radius 3 is 2.70 bits per heavy atom. The van der Waals surface area contributed by atoms with Crippen LogP contribution in [0.3, 0.4) is 0 Å². The van der Waals surface area contributed by atoms with Crippen LogP contribution in [0.25, 0.3) is 0 Å². The zero-order chi connectivity index (χ0) is 14.4. The van der Waals surface area contributed by atoms with Gasteiger partial charge >= 0.3 is 5.97 Å². The molecule has 0 bridgehead atoms. The summed E-state index contributed by atoms with van der Waals surface area (Å²) in [7, 11) is 1.37. The van der Waals surface area contributed by atoms with Crippen LogP contribution in [0.2, 0.25) is 0 Å². The molecular weight excluding hydrogens is 252 g/mol. The predicted octanol–water partition coefficient (Wildman–Crippen LogP) is 3.08. The third-order valence-electron chi connectivity index (χ3n) is 3.16. The van der Waals surface area contributed by atoms with Crippen LogP contribution in [0.15, 0.2) is 48.7 Å². The average molecular weight is 270 g/mol. The summed E-state index contributed by atoms with van der Waals surface area (Å²) in [5.74, 6) is 0.499. The number of nitrogens with zero attached hydrogens (tertiary/aromatic N) is 1. The van der Waals surface area contributed by atoms with Crippen LogP contribution < -0.4 is 5.32 Å². The molecule has 0 aliphatic rings. The number of hydrogen-bond acceptors (Lipinski definition) is 4. The maximum absolute atomic E-state index is 11.6. The number of pyridine rings is 1. The first kappa shape index (κ1) is 14.1. The van der Waals surface area contributed by atoms with Crippen LogP contribution in [-0.4, -0.2) is 24.6 Å². The van der Waals surface area contributed by atoms with E-state index in [2.05, 4.69) is 29.4 Å². The van der Waals surface area contributed by atoms with E-state index in [1.165, 1.54) is 12.7 Å². The Balaban J connectivity index is 2.06. The minimum Gasteiger partial charge on any atom is -0.465 e. The molecule has 4 heteroatoms. The van der Waals surface area contributed by atoms with Crippen LogP contribution in [0, 0.1) is 0 Å².